The molecule has 6 rings (SSSR count). The van der Waals surface area contributed by atoms with E-state index in [4.69, 9.17) is 21.3 Å². The number of nitriles is 1. The fourth-order valence-electron chi connectivity index (χ4n) is 5.86. The molecule has 0 amide bonds. The molecule has 8 nitrogen and oxygen atoms in total. The summed E-state index contributed by atoms with van der Waals surface area (Å²) in [4.78, 5) is 24.9. The fourth-order valence-corrected chi connectivity index (χ4v) is 6.04. The molecule has 10 heteroatoms. The minimum Gasteiger partial charge on any atom is -0.488 e. The van der Waals surface area contributed by atoms with Crippen LogP contribution in [0, 0.1) is 11.3 Å². The van der Waals surface area contributed by atoms with Crippen LogP contribution in [0.5, 0.6) is 5.75 Å². The molecule has 1 N–H and O–H groups in total. The van der Waals surface area contributed by atoms with E-state index in [9.17, 15) is 10.1 Å². The molecular weight excluding hydrogens is 523 g/mol. The molecule has 0 spiro atoms. The van der Waals surface area contributed by atoms with Gasteiger partial charge in [0.05, 0.1) is 16.9 Å². The van der Waals surface area contributed by atoms with Gasteiger partial charge in [-0.3, -0.25) is 0 Å². The number of aromatic nitrogens is 2. The summed E-state index contributed by atoms with van der Waals surface area (Å²) in [5.74, 6) is 1.13. The summed E-state index contributed by atoms with van der Waals surface area (Å²) in [6.45, 7) is 6.98. The lowest BCUT2D eigenvalue weighted by molar-refractivity contribution is 0.0971. The SMILES string of the molecule is CC1(C)CN([B]C=O)c2c(C#N)cc(-c3ccnc(Nc4cc(Cl)ccc4OC4CCN(C5CC5)CC4)n3)cc21. The van der Waals surface area contributed by atoms with Gasteiger partial charge in [-0.05, 0) is 67.6 Å². The Morgan fingerprint density at radius 1 is 1.18 bits per heavy atom. The normalized spacial score (nSPS) is 18.6. The quantitative estimate of drug-likeness (QED) is 0.296. The Balaban J connectivity index is 1.25. The number of anilines is 3. The smallest absolute Gasteiger partial charge is 0.329 e. The number of ether oxygens (including phenoxy) is 1. The number of nitrogens with one attached hydrogen (secondary N) is 1. The summed E-state index contributed by atoms with van der Waals surface area (Å²) in [6.07, 6.45) is 7.26. The number of benzene rings is 2. The van der Waals surface area contributed by atoms with Crippen molar-refractivity contribution in [3.8, 4) is 23.1 Å². The lowest BCUT2D eigenvalue weighted by Gasteiger charge is -2.32. The predicted molar refractivity (Wildman–Crippen MR) is 158 cm³/mol. The summed E-state index contributed by atoms with van der Waals surface area (Å²) in [7, 11) is 1.49. The third kappa shape index (κ3) is 5.39. The second-order valence-electron chi connectivity index (χ2n) is 11.4. The maximum atomic E-state index is 11.2. The van der Waals surface area contributed by atoms with Gasteiger partial charge < -0.3 is 24.6 Å². The molecule has 3 aromatic rings. The number of rotatable bonds is 8. The number of halogens is 1. The van der Waals surface area contributed by atoms with Gasteiger partial charge in [0, 0.05) is 53.6 Å². The monoisotopic (exact) mass is 553 g/mol. The topological polar surface area (TPSA) is 94.4 Å². The van der Waals surface area contributed by atoms with E-state index in [-0.39, 0.29) is 11.5 Å². The summed E-state index contributed by atoms with van der Waals surface area (Å²) in [5, 5.41) is 13.9. The van der Waals surface area contributed by atoms with E-state index in [1.807, 2.05) is 35.1 Å². The van der Waals surface area contributed by atoms with Crippen LogP contribution in [-0.2, 0) is 10.2 Å². The third-order valence-electron chi connectivity index (χ3n) is 8.03. The number of piperidine rings is 1. The standard InChI is InChI=1S/C30H31BClN6O2/c1-30(2)17-38(31-18-39)28-20(16-33)13-19(14-24(28)30)25-7-10-34-29(35-25)36-26-15-21(32)3-6-27(26)40-23-8-11-37(12-9-23)22-4-5-22/h3,6-7,10,13-15,18,22-23H,4-5,8-9,11-12,17H2,1-2H3,(H,34,35,36). The van der Waals surface area contributed by atoms with Crippen LogP contribution in [0.2, 0.25) is 5.02 Å². The Labute approximate surface area is 240 Å². The molecule has 0 bridgehead atoms. The van der Waals surface area contributed by atoms with E-state index < -0.39 is 0 Å². The van der Waals surface area contributed by atoms with E-state index >= 15 is 0 Å². The Morgan fingerprint density at radius 3 is 2.70 bits per heavy atom. The molecule has 3 heterocycles. The van der Waals surface area contributed by atoms with Gasteiger partial charge >= 0.3 is 7.41 Å². The van der Waals surface area contributed by atoms with E-state index in [0.29, 0.717) is 34.5 Å². The first-order valence-corrected chi connectivity index (χ1v) is 14.2. The average Bonchev–Trinajstić information content (AvgIpc) is 3.76. The summed E-state index contributed by atoms with van der Waals surface area (Å²) in [5.41, 5.74) is 4.25. The third-order valence-corrected chi connectivity index (χ3v) is 8.26. The van der Waals surface area contributed by atoms with Crippen LogP contribution >= 0.6 is 11.6 Å². The first-order chi connectivity index (χ1) is 19.3. The van der Waals surface area contributed by atoms with E-state index in [1.54, 1.807) is 6.20 Å². The van der Waals surface area contributed by atoms with E-state index in [1.165, 1.54) is 20.3 Å². The molecule has 0 unspecified atom stereocenters. The van der Waals surface area contributed by atoms with Gasteiger partial charge in [0.1, 0.15) is 24.1 Å². The largest absolute Gasteiger partial charge is 0.488 e. The van der Waals surface area contributed by atoms with Crippen molar-refractivity contribution in [1.29, 1.82) is 5.26 Å². The van der Waals surface area contributed by atoms with Crippen LogP contribution in [0.3, 0.4) is 0 Å². The number of likely N-dealkylation sites (tertiary alicyclic amines) is 1. The number of carbonyl (C=O) groups is 1. The minimum absolute atomic E-state index is 0.152. The van der Waals surface area contributed by atoms with Gasteiger partial charge in [0.15, 0.2) is 0 Å². The molecule has 2 fully saturated rings. The van der Waals surface area contributed by atoms with E-state index in [2.05, 4.69) is 41.2 Å². The van der Waals surface area contributed by atoms with Crippen LogP contribution in [-0.4, -0.2) is 60.2 Å². The second kappa shape index (κ2) is 10.8. The highest BCUT2D eigenvalue weighted by Crippen LogP contribution is 2.44. The minimum atomic E-state index is -0.244. The van der Waals surface area contributed by atoms with Crippen molar-refractivity contribution in [1.82, 2.24) is 14.9 Å². The van der Waals surface area contributed by atoms with Crippen molar-refractivity contribution in [3.05, 3.63) is 58.7 Å². The highest BCUT2D eigenvalue weighted by atomic mass is 35.5. The molecule has 1 saturated carbocycles. The Bertz CT molecular complexity index is 1480. The highest BCUT2D eigenvalue weighted by Gasteiger charge is 2.37. The van der Waals surface area contributed by atoms with Crippen molar-refractivity contribution < 1.29 is 9.53 Å². The first-order valence-electron chi connectivity index (χ1n) is 13.8. The second-order valence-corrected chi connectivity index (χ2v) is 11.9. The molecule has 2 aromatic carbocycles. The number of nitrogens with zero attached hydrogens (tertiary/aromatic N) is 5. The van der Waals surface area contributed by atoms with Crippen molar-refractivity contribution in [2.75, 3.05) is 29.8 Å². The zero-order valence-electron chi connectivity index (χ0n) is 22.7. The fraction of sp³-hybridized carbons (Fsp3) is 0.400. The van der Waals surface area contributed by atoms with Crippen molar-refractivity contribution >= 4 is 42.5 Å². The van der Waals surface area contributed by atoms with Crippen LogP contribution < -0.4 is 14.9 Å². The number of hydrogen-bond donors (Lipinski definition) is 1. The molecule has 1 saturated heterocycles. The van der Waals surface area contributed by atoms with Gasteiger partial charge in [0.25, 0.3) is 0 Å². The number of carbonyl (C=O) groups excluding carboxylic acids is 1. The van der Waals surface area contributed by atoms with Crippen LogP contribution in [0.4, 0.5) is 17.3 Å². The molecule has 203 valence electrons. The van der Waals surface area contributed by atoms with Crippen LogP contribution in [0.1, 0.15) is 50.7 Å². The van der Waals surface area contributed by atoms with Gasteiger partial charge in [0.2, 0.25) is 5.95 Å². The Morgan fingerprint density at radius 2 is 1.98 bits per heavy atom. The lowest BCUT2D eigenvalue weighted by Crippen LogP contribution is -2.39. The zero-order chi connectivity index (χ0) is 27.9. The maximum absolute atomic E-state index is 11.2. The Kier molecular flexibility index (Phi) is 7.15. The lowest BCUT2D eigenvalue weighted by atomic mass is 9.84. The molecule has 2 aliphatic heterocycles. The average molecular weight is 554 g/mol. The number of hydrogen-bond acceptors (Lipinski definition) is 8. The molecule has 40 heavy (non-hydrogen) atoms. The van der Waals surface area contributed by atoms with Gasteiger partial charge in [-0.15, -0.1) is 0 Å². The molecule has 3 aliphatic rings. The summed E-state index contributed by atoms with van der Waals surface area (Å²) in [6, 6.07) is 14.4. The molecular formula is C30H31BClN6O2. The predicted octanol–water partition coefficient (Wildman–Crippen LogP) is 5.32. The van der Waals surface area contributed by atoms with Gasteiger partial charge in [-0.25, -0.2) is 9.97 Å². The van der Waals surface area contributed by atoms with Crippen LogP contribution in [0.25, 0.3) is 11.3 Å². The molecule has 1 aliphatic carbocycles. The zero-order valence-corrected chi connectivity index (χ0v) is 23.5. The molecule has 0 atom stereocenters. The van der Waals surface area contributed by atoms with Gasteiger partial charge in [-0.2, -0.15) is 5.26 Å². The maximum Gasteiger partial charge on any atom is 0.329 e. The van der Waals surface area contributed by atoms with Crippen molar-refractivity contribution in [2.45, 2.75) is 57.1 Å². The van der Waals surface area contributed by atoms with Crippen molar-refractivity contribution in [3.63, 3.8) is 0 Å². The summed E-state index contributed by atoms with van der Waals surface area (Å²) >= 11 is 6.36. The first kappa shape index (κ1) is 26.6. The highest BCUT2D eigenvalue weighted by molar-refractivity contribution is 6.70. The van der Waals surface area contributed by atoms with Crippen LogP contribution in [0.15, 0.2) is 42.6 Å². The molecule has 1 radical (unpaired) electrons. The van der Waals surface area contributed by atoms with Crippen molar-refractivity contribution in [2.24, 2.45) is 0 Å². The Hall–Kier alpha value is -3.61. The van der Waals surface area contributed by atoms with Gasteiger partial charge in [-0.1, -0.05) is 25.4 Å². The summed E-state index contributed by atoms with van der Waals surface area (Å²) < 4.78 is 6.44. The van der Waals surface area contributed by atoms with E-state index in [0.717, 1.165) is 60.7 Å². The number of fused-ring (bicyclic) bond motifs is 1. The molecule has 1 aromatic heterocycles.